The van der Waals surface area contributed by atoms with Crippen molar-refractivity contribution < 1.29 is 14.6 Å². The standard InChI is InChI=1S/C13H15N3O3S/c1-7-6-8(16-2-4-19-5-3-16)15-12-9(7)10(14)11(20-12)13(17)18/h6H,2-5,14H2,1H3,(H,17,18). The Hall–Kier alpha value is -1.86. The van der Waals surface area contributed by atoms with Gasteiger partial charge in [-0.2, -0.15) is 0 Å². The minimum atomic E-state index is -1.00. The number of aromatic nitrogens is 1. The number of rotatable bonds is 2. The van der Waals surface area contributed by atoms with Crippen LogP contribution >= 0.6 is 11.3 Å². The van der Waals surface area contributed by atoms with E-state index >= 15 is 0 Å². The molecule has 1 saturated heterocycles. The fraction of sp³-hybridized carbons (Fsp3) is 0.385. The van der Waals surface area contributed by atoms with Gasteiger partial charge in [0.2, 0.25) is 0 Å². The van der Waals surface area contributed by atoms with Crippen molar-refractivity contribution in [2.45, 2.75) is 6.92 Å². The normalized spacial score (nSPS) is 15.8. The van der Waals surface area contributed by atoms with E-state index in [1.165, 1.54) is 0 Å². The van der Waals surface area contributed by atoms with E-state index in [1.807, 2.05) is 13.0 Å². The van der Waals surface area contributed by atoms with Crippen molar-refractivity contribution in [3.05, 3.63) is 16.5 Å². The van der Waals surface area contributed by atoms with Crippen molar-refractivity contribution in [1.29, 1.82) is 0 Å². The van der Waals surface area contributed by atoms with Crippen molar-refractivity contribution in [2.24, 2.45) is 0 Å². The summed E-state index contributed by atoms with van der Waals surface area (Å²) in [7, 11) is 0. The number of carboxylic acid groups (broad SMARTS) is 1. The van der Waals surface area contributed by atoms with E-state index in [2.05, 4.69) is 9.88 Å². The smallest absolute Gasteiger partial charge is 0.348 e. The summed E-state index contributed by atoms with van der Waals surface area (Å²) in [5.74, 6) is -0.144. The molecular weight excluding hydrogens is 278 g/mol. The lowest BCUT2D eigenvalue weighted by atomic mass is 10.1. The fourth-order valence-electron chi connectivity index (χ4n) is 2.41. The Bertz CT molecular complexity index is 677. The molecule has 6 nitrogen and oxygen atoms in total. The average Bonchev–Trinajstić information content (AvgIpc) is 2.77. The molecule has 1 fully saturated rings. The molecule has 1 aliphatic heterocycles. The Labute approximate surface area is 119 Å². The third-order valence-corrected chi connectivity index (χ3v) is 4.50. The maximum absolute atomic E-state index is 11.2. The molecule has 0 bridgehead atoms. The summed E-state index contributed by atoms with van der Waals surface area (Å²) in [5.41, 5.74) is 7.20. The van der Waals surface area contributed by atoms with Gasteiger partial charge in [-0.15, -0.1) is 11.3 Å². The van der Waals surface area contributed by atoms with Gasteiger partial charge in [-0.3, -0.25) is 0 Å². The summed E-state index contributed by atoms with van der Waals surface area (Å²) in [6.45, 7) is 4.90. The molecule has 0 atom stereocenters. The lowest BCUT2D eigenvalue weighted by molar-refractivity contribution is 0.0703. The summed E-state index contributed by atoms with van der Waals surface area (Å²) in [6.07, 6.45) is 0. The van der Waals surface area contributed by atoms with Crippen molar-refractivity contribution >= 4 is 39.0 Å². The van der Waals surface area contributed by atoms with Gasteiger partial charge in [-0.05, 0) is 18.6 Å². The first-order valence-electron chi connectivity index (χ1n) is 6.33. The van der Waals surface area contributed by atoms with Crippen LogP contribution in [0.25, 0.3) is 10.2 Å². The number of fused-ring (bicyclic) bond motifs is 1. The van der Waals surface area contributed by atoms with Crippen LogP contribution in [-0.4, -0.2) is 42.4 Å². The highest BCUT2D eigenvalue weighted by Gasteiger charge is 2.20. The molecule has 2 aromatic rings. The maximum atomic E-state index is 11.2. The predicted molar refractivity (Wildman–Crippen MR) is 78.8 cm³/mol. The zero-order valence-electron chi connectivity index (χ0n) is 11.0. The summed E-state index contributed by atoms with van der Waals surface area (Å²) < 4.78 is 5.33. The Morgan fingerprint density at radius 3 is 2.85 bits per heavy atom. The second kappa shape index (κ2) is 4.92. The summed E-state index contributed by atoms with van der Waals surface area (Å²) >= 11 is 1.13. The molecule has 3 N–H and O–H groups in total. The number of hydrogen-bond donors (Lipinski definition) is 2. The van der Waals surface area contributed by atoms with Gasteiger partial charge in [-0.1, -0.05) is 0 Å². The lowest BCUT2D eigenvalue weighted by Crippen LogP contribution is -2.36. The van der Waals surface area contributed by atoms with Gasteiger partial charge in [0.1, 0.15) is 15.5 Å². The number of nitrogen functional groups attached to an aromatic ring is 1. The van der Waals surface area contributed by atoms with E-state index in [9.17, 15) is 4.79 Å². The van der Waals surface area contributed by atoms with Gasteiger partial charge in [0.05, 0.1) is 18.9 Å². The Morgan fingerprint density at radius 2 is 2.20 bits per heavy atom. The van der Waals surface area contributed by atoms with Crippen LogP contribution in [0.1, 0.15) is 15.2 Å². The van der Waals surface area contributed by atoms with Crippen molar-refractivity contribution in [1.82, 2.24) is 4.98 Å². The molecule has 1 aliphatic rings. The SMILES string of the molecule is Cc1cc(N2CCOCC2)nc2sc(C(=O)O)c(N)c12. The topological polar surface area (TPSA) is 88.7 Å². The molecule has 2 aromatic heterocycles. The number of aryl methyl sites for hydroxylation is 1. The molecule has 3 rings (SSSR count). The van der Waals surface area contributed by atoms with E-state index in [0.29, 0.717) is 23.7 Å². The quantitative estimate of drug-likeness (QED) is 0.876. The third kappa shape index (κ3) is 2.08. The summed E-state index contributed by atoms with van der Waals surface area (Å²) in [6, 6.07) is 1.96. The van der Waals surface area contributed by atoms with E-state index in [0.717, 1.165) is 41.2 Å². The Balaban J connectivity index is 2.11. The number of nitrogens with two attached hydrogens (primary N) is 1. The lowest BCUT2D eigenvalue weighted by Gasteiger charge is -2.28. The number of thiophene rings is 1. The monoisotopic (exact) mass is 293 g/mol. The molecule has 0 amide bonds. The van der Waals surface area contributed by atoms with Crippen molar-refractivity contribution in [3.63, 3.8) is 0 Å². The number of carboxylic acids is 1. The second-order valence-corrected chi connectivity index (χ2v) is 5.73. The van der Waals surface area contributed by atoms with E-state index in [-0.39, 0.29) is 4.88 Å². The molecule has 20 heavy (non-hydrogen) atoms. The van der Waals surface area contributed by atoms with Crippen LogP contribution in [-0.2, 0) is 4.74 Å². The molecule has 0 spiro atoms. The highest BCUT2D eigenvalue weighted by atomic mass is 32.1. The Morgan fingerprint density at radius 1 is 1.50 bits per heavy atom. The fourth-order valence-corrected chi connectivity index (χ4v) is 3.41. The molecule has 0 aliphatic carbocycles. The molecule has 0 saturated carbocycles. The van der Waals surface area contributed by atoms with Crippen LogP contribution < -0.4 is 10.6 Å². The third-order valence-electron chi connectivity index (χ3n) is 3.41. The number of ether oxygens (including phenoxy) is 1. The van der Waals surface area contributed by atoms with E-state index in [1.54, 1.807) is 0 Å². The highest BCUT2D eigenvalue weighted by Crippen LogP contribution is 2.36. The minimum absolute atomic E-state index is 0.162. The van der Waals surface area contributed by atoms with Crippen molar-refractivity contribution in [2.75, 3.05) is 36.9 Å². The maximum Gasteiger partial charge on any atom is 0.348 e. The Kier molecular flexibility index (Phi) is 3.23. The van der Waals surface area contributed by atoms with E-state index < -0.39 is 5.97 Å². The number of morpholine rings is 1. The van der Waals surface area contributed by atoms with Gasteiger partial charge < -0.3 is 20.5 Å². The number of carbonyl (C=O) groups is 1. The highest BCUT2D eigenvalue weighted by molar-refractivity contribution is 7.21. The van der Waals surface area contributed by atoms with Crippen LogP contribution in [0.2, 0.25) is 0 Å². The first kappa shape index (κ1) is 13.1. The summed E-state index contributed by atoms with van der Waals surface area (Å²) in [5, 5.41) is 9.91. The molecular formula is C13H15N3O3S. The average molecular weight is 293 g/mol. The van der Waals surface area contributed by atoms with Gasteiger partial charge in [0.25, 0.3) is 0 Å². The number of hydrogen-bond acceptors (Lipinski definition) is 6. The van der Waals surface area contributed by atoms with Crippen LogP contribution in [0, 0.1) is 6.92 Å². The van der Waals surface area contributed by atoms with Crippen LogP contribution in [0.15, 0.2) is 6.07 Å². The van der Waals surface area contributed by atoms with E-state index in [4.69, 9.17) is 15.6 Å². The van der Waals surface area contributed by atoms with Gasteiger partial charge >= 0.3 is 5.97 Å². The van der Waals surface area contributed by atoms with Crippen molar-refractivity contribution in [3.8, 4) is 0 Å². The zero-order chi connectivity index (χ0) is 14.3. The van der Waals surface area contributed by atoms with Crippen LogP contribution in [0.5, 0.6) is 0 Å². The first-order valence-corrected chi connectivity index (χ1v) is 7.15. The number of nitrogens with zero attached hydrogens (tertiary/aromatic N) is 2. The van der Waals surface area contributed by atoms with Crippen LogP contribution in [0.3, 0.4) is 0 Å². The largest absolute Gasteiger partial charge is 0.477 e. The molecule has 0 aromatic carbocycles. The van der Waals surface area contributed by atoms with Gasteiger partial charge in [0.15, 0.2) is 0 Å². The van der Waals surface area contributed by atoms with Gasteiger partial charge in [0, 0.05) is 18.5 Å². The predicted octanol–water partition coefficient (Wildman–Crippen LogP) is 1.72. The van der Waals surface area contributed by atoms with Gasteiger partial charge in [-0.25, -0.2) is 9.78 Å². The molecule has 0 radical (unpaired) electrons. The number of anilines is 2. The molecule has 7 heteroatoms. The molecule has 106 valence electrons. The second-order valence-electron chi connectivity index (χ2n) is 4.73. The van der Waals surface area contributed by atoms with Crippen LogP contribution in [0.4, 0.5) is 11.5 Å². The zero-order valence-corrected chi connectivity index (χ0v) is 11.9. The summed E-state index contributed by atoms with van der Waals surface area (Å²) in [4.78, 5) is 18.7. The number of aromatic carboxylic acids is 1. The first-order chi connectivity index (χ1) is 9.58. The molecule has 3 heterocycles. The molecule has 0 unspecified atom stereocenters. The minimum Gasteiger partial charge on any atom is -0.477 e. The number of pyridine rings is 1.